The van der Waals surface area contributed by atoms with Crippen LogP contribution < -0.4 is 5.32 Å². The molecule has 1 saturated carbocycles. The van der Waals surface area contributed by atoms with E-state index in [9.17, 15) is 4.79 Å². The van der Waals surface area contributed by atoms with Crippen molar-refractivity contribution in [3.63, 3.8) is 0 Å². The first-order valence-corrected chi connectivity index (χ1v) is 8.71. The van der Waals surface area contributed by atoms with Crippen LogP contribution in [0.2, 0.25) is 0 Å². The fourth-order valence-electron chi connectivity index (χ4n) is 3.35. The van der Waals surface area contributed by atoms with E-state index in [1.54, 1.807) is 7.11 Å². The third kappa shape index (κ3) is 4.04. The van der Waals surface area contributed by atoms with E-state index in [0.717, 1.165) is 29.8 Å². The van der Waals surface area contributed by atoms with Crippen LogP contribution >= 0.6 is 0 Å². The van der Waals surface area contributed by atoms with Gasteiger partial charge >= 0.3 is 0 Å². The summed E-state index contributed by atoms with van der Waals surface area (Å²) in [5, 5.41) is 3.05. The molecule has 1 N–H and O–H groups in total. The lowest BCUT2D eigenvalue weighted by atomic mass is 9.69. The van der Waals surface area contributed by atoms with Gasteiger partial charge in [-0.05, 0) is 44.9 Å². The lowest BCUT2D eigenvalue weighted by Gasteiger charge is -2.41. The number of carbonyl (C=O) groups excluding carboxylic acids is 1. The van der Waals surface area contributed by atoms with Crippen molar-refractivity contribution in [2.45, 2.75) is 33.1 Å². The molecule has 1 aromatic carbocycles. The van der Waals surface area contributed by atoms with Gasteiger partial charge in [0.2, 0.25) is 0 Å². The van der Waals surface area contributed by atoms with Crippen molar-refractivity contribution in [1.82, 2.24) is 15.3 Å². The maximum atomic E-state index is 12.4. The summed E-state index contributed by atoms with van der Waals surface area (Å²) in [4.78, 5) is 21.3. The highest BCUT2D eigenvalue weighted by atomic mass is 16.5. The molecule has 1 aromatic heterocycles. The topological polar surface area (TPSA) is 64.1 Å². The molecular weight excluding hydrogens is 314 g/mol. The molecule has 3 rings (SSSR count). The summed E-state index contributed by atoms with van der Waals surface area (Å²) in [6.45, 7) is 5.28. The maximum absolute atomic E-state index is 12.4. The maximum Gasteiger partial charge on any atom is 0.251 e. The van der Waals surface area contributed by atoms with Gasteiger partial charge in [-0.15, -0.1) is 0 Å². The summed E-state index contributed by atoms with van der Waals surface area (Å²) < 4.78 is 5.31. The van der Waals surface area contributed by atoms with Crippen LogP contribution in [0.25, 0.3) is 11.4 Å². The van der Waals surface area contributed by atoms with Crippen LogP contribution in [-0.4, -0.2) is 36.1 Å². The molecule has 0 atom stereocenters. The number of methoxy groups -OCH3 is 1. The van der Waals surface area contributed by atoms with Crippen molar-refractivity contribution in [1.29, 1.82) is 0 Å². The molecule has 1 aliphatic rings. The van der Waals surface area contributed by atoms with Gasteiger partial charge in [0, 0.05) is 41.6 Å². The van der Waals surface area contributed by atoms with Crippen molar-refractivity contribution >= 4 is 5.91 Å². The van der Waals surface area contributed by atoms with E-state index in [4.69, 9.17) is 4.74 Å². The van der Waals surface area contributed by atoms with Crippen LogP contribution in [0.1, 0.15) is 41.0 Å². The Balaban J connectivity index is 1.66. The highest BCUT2D eigenvalue weighted by Gasteiger charge is 2.37. The molecule has 1 heterocycles. The molecule has 132 valence electrons. The quantitative estimate of drug-likeness (QED) is 0.877. The van der Waals surface area contributed by atoms with E-state index in [-0.39, 0.29) is 11.3 Å². The second-order valence-corrected chi connectivity index (χ2v) is 7.02. The highest BCUT2D eigenvalue weighted by molar-refractivity contribution is 5.94. The molecule has 25 heavy (non-hydrogen) atoms. The average molecular weight is 339 g/mol. The SMILES string of the molecule is COCC1(CNC(=O)c2ccc(-c3nc(C)cc(C)n3)cc2)CCC1. The lowest BCUT2D eigenvalue weighted by molar-refractivity contribution is 0.0180. The molecule has 0 saturated heterocycles. The zero-order valence-corrected chi connectivity index (χ0v) is 15.1. The molecule has 0 unspecified atom stereocenters. The van der Waals surface area contributed by atoms with Crippen LogP contribution in [0.3, 0.4) is 0 Å². The van der Waals surface area contributed by atoms with Crippen molar-refractivity contribution < 1.29 is 9.53 Å². The first-order chi connectivity index (χ1) is 12.0. The number of benzene rings is 1. The summed E-state index contributed by atoms with van der Waals surface area (Å²) in [7, 11) is 1.72. The number of aryl methyl sites for hydroxylation is 2. The van der Waals surface area contributed by atoms with E-state index in [0.29, 0.717) is 24.5 Å². The normalized spacial score (nSPS) is 15.5. The number of ether oxygens (including phenoxy) is 1. The number of hydrogen-bond donors (Lipinski definition) is 1. The molecule has 0 bridgehead atoms. The predicted molar refractivity (Wildman–Crippen MR) is 97.4 cm³/mol. The van der Waals surface area contributed by atoms with E-state index in [2.05, 4.69) is 15.3 Å². The van der Waals surface area contributed by atoms with Gasteiger partial charge in [0.05, 0.1) is 6.61 Å². The first-order valence-electron chi connectivity index (χ1n) is 8.71. The number of amides is 1. The van der Waals surface area contributed by atoms with Gasteiger partial charge in [0.15, 0.2) is 5.82 Å². The number of nitrogens with zero attached hydrogens (tertiary/aromatic N) is 2. The molecule has 2 aromatic rings. The molecule has 5 heteroatoms. The second-order valence-electron chi connectivity index (χ2n) is 7.02. The Morgan fingerprint density at radius 1 is 1.16 bits per heavy atom. The predicted octanol–water partition coefficient (Wildman–Crippen LogP) is 3.31. The van der Waals surface area contributed by atoms with Crippen molar-refractivity contribution in [3.8, 4) is 11.4 Å². The molecule has 1 amide bonds. The van der Waals surface area contributed by atoms with Crippen LogP contribution in [0.15, 0.2) is 30.3 Å². The van der Waals surface area contributed by atoms with Gasteiger partial charge in [-0.3, -0.25) is 4.79 Å². The summed E-state index contributed by atoms with van der Waals surface area (Å²) in [6, 6.07) is 9.40. The Morgan fingerprint density at radius 2 is 1.80 bits per heavy atom. The fraction of sp³-hybridized carbons (Fsp3) is 0.450. The third-order valence-electron chi connectivity index (χ3n) is 4.88. The smallest absolute Gasteiger partial charge is 0.251 e. The lowest BCUT2D eigenvalue weighted by Crippen LogP contribution is -2.45. The highest BCUT2D eigenvalue weighted by Crippen LogP contribution is 2.40. The molecule has 1 aliphatic carbocycles. The van der Waals surface area contributed by atoms with Crippen LogP contribution in [0.5, 0.6) is 0 Å². The van der Waals surface area contributed by atoms with Crippen LogP contribution in [-0.2, 0) is 4.74 Å². The Kier molecular flexibility index (Phi) is 5.13. The molecule has 1 fully saturated rings. The van der Waals surface area contributed by atoms with E-state index in [1.807, 2.05) is 44.2 Å². The standard InChI is InChI=1S/C20H25N3O2/c1-14-11-15(2)23-18(22-14)16-5-7-17(8-6-16)19(24)21-12-20(13-25-3)9-4-10-20/h5-8,11H,4,9-10,12-13H2,1-3H3,(H,21,24). The zero-order valence-electron chi connectivity index (χ0n) is 15.1. The van der Waals surface area contributed by atoms with Gasteiger partial charge in [-0.25, -0.2) is 9.97 Å². The number of aromatic nitrogens is 2. The summed E-state index contributed by atoms with van der Waals surface area (Å²) in [5.74, 6) is 0.647. The van der Waals surface area contributed by atoms with Crippen LogP contribution in [0, 0.1) is 19.3 Å². The van der Waals surface area contributed by atoms with Gasteiger partial charge in [-0.1, -0.05) is 18.6 Å². The van der Waals surface area contributed by atoms with Gasteiger partial charge in [0.25, 0.3) is 5.91 Å². The van der Waals surface area contributed by atoms with Crippen molar-refractivity contribution in [2.75, 3.05) is 20.3 Å². The van der Waals surface area contributed by atoms with Crippen molar-refractivity contribution in [3.05, 3.63) is 47.3 Å². The number of carbonyl (C=O) groups is 1. The second kappa shape index (κ2) is 7.31. The Bertz CT molecular complexity index is 732. The Hall–Kier alpha value is -2.27. The van der Waals surface area contributed by atoms with Gasteiger partial charge in [0.1, 0.15) is 0 Å². The van der Waals surface area contributed by atoms with E-state index >= 15 is 0 Å². The van der Waals surface area contributed by atoms with Gasteiger partial charge < -0.3 is 10.1 Å². The molecule has 0 radical (unpaired) electrons. The van der Waals surface area contributed by atoms with Crippen molar-refractivity contribution in [2.24, 2.45) is 5.41 Å². The van der Waals surface area contributed by atoms with Crippen LogP contribution in [0.4, 0.5) is 0 Å². The minimum absolute atomic E-state index is 0.0460. The molecular formula is C20H25N3O2. The fourth-order valence-corrected chi connectivity index (χ4v) is 3.35. The molecule has 0 spiro atoms. The Morgan fingerprint density at radius 3 is 2.32 bits per heavy atom. The average Bonchev–Trinajstić information content (AvgIpc) is 2.56. The minimum atomic E-state index is -0.0460. The molecule has 0 aliphatic heterocycles. The number of rotatable bonds is 6. The monoisotopic (exact) mass is 339 g/mol. The number of hydrogen-bond acceptors (Lipinski definition) is 4. The zero-order chi connectivity index (χ0) is 17.9. The largest absolute Gasteiger partial charge is 0.384 e. The summed E-state index contributed by atoms with van der Waals surface area (Å²) in [5.41, 5.74) is 3.57. The first kappa shape index (κ1) is 17.5. The van der Waals surface area contributed by atoms with Gasteiger partial charge in [-0.2, -0.15) is 0 Å². The summed E-state index contributed by atoms with van der Waals surface area (Å²) in [6.07, 6.45) is 3.44. The van der Waals surface area contributed by atoms with E-state index < -0.39 is 0 Å². The summed E-state index contributed by atoms with van der Waals surface area (Å²) >= 11 is 0. The molecule has 5 nitrogen and oxygen atoms in total. The Labute approximate surface area is 148 Å². The number of nitrogens with one attached hydrogen (secondary N) is 1. The third-order valence-corrected chi connectivity index (χ3v) is 4.88. The minimum Gasteiger partial charge on any atom is -0.384 e. The van der Waals surface area contributed by atoms with E-state index in [1.165, 1.54) is 6.42 Å².